The number of nitrogen functional groups attached to an aromatic ring is 1. The van der Waals surface area contributed by atoms with Gasteiger partial charge >= 0.3 is 0 Å². The first-order valence-electron chi connectivity index (χ1n) is 4.21. The average molecular weight is 265 g/mol. The number of anilines is 1. The molecule has 1 aromatic rings. The lowest BCUT2D eigenvalue weighted by Gasteiger charge is -2.06. The summed E-state index contributed by atoms with van der Waals surface area (Å²) in [5.41, 5.74) is 5.12. The number of rotatable bonds is 4. The summed E-state index contributed by atoms with van der Waals surface area (Å²) in [7, 11) is -3.79. The minimum atomic E-state index is -3.79. The smallest absolute Gasteiger partial charge is 0.241 e. The van der Waals surface area contributed by atoms with E-state index in [2.05, 4.69) is 11.3 Å². The minimum absolute atomic E-state index is 0.110. The first-order valence-corrected chi connectivity index (χ1v) is 6.07. The first kappa shape index (κ1) is 13.0. The van der Waals surface area contributed by atoms with Gasteiger partial charge in [-0.2, -0.15) is 0 Å². The number of benzene rings is 1. The Morgan fingerprint density at radius 2 is 2.19 bits per heavy atom. The molecule has 0 aliphatic rings. The lowest BCUT2D eigenvalue weighted by Crippen LogP contribution is -2.25. The largest absolute Gasteiger partial charge is 0.396 e. The Hall–Kier alpha value is -1.11. The number of sulfonamides is 1. The first-order chi connectivity index (χ1) is 7.33. The number of halogens is 2. The van der Waals surface area contributed by atoms with Crippen LogP contribution in [0.5, 0.6) is 0 Å². The fourth-order valence-corrected chi connectivity index (χ4v) is 2.11. The third-order valence-corrected chi connectivity index (χ3v) is 3.27. The van der Waals surface area contributed by atoms with E-state index in [0.29, 0.717) is 0 Å². The second-order valence-electron chi connectivity index (χ2n) is 3.03. The molecule has 0 saturated carbocycles. The van der Waals surface area contributed by atoms with Crippen molar-refractivity contribution in [1.29, 1.82) is 0 Å². The summed E-state index contributed by atoms with van der Waals surface area (Å²) in [6, 6.07) is 3.23. The highest BCUT2D eigenvalue weighted by atomic mass is 35.5. The fourth-order valence-electron chi connectivity index (χ4n) is 0.932. The Balaban J connectivity index is 2.99. The van der Waals surface area contributed by atoms with E-state index in [9.17, 15) is 12.8 Å². The lowest BCUT2D eigenvalue weighted by molar-refractivity contribution is 0.581. The highest BCUT2D eigenvalue weighted by Gasteiger charge is 2.15. The Morgan fingerprint density at radius 1 is 1.56 bits per heavy atom. The van der Waals surface area contributed by atoms with E-state index in [1.165, 1.54) is 12.1 Å². The summed E-state index contributed by atoms with van der Waals surface area (Å²) in [4.78, 5) is -0.211. The summed E-state index contributed by atoms with van der Waals surface area (Å²) in [6.07, 6.45) is 0. The average Bonchev–Trinajstić information content (AvgIpc) is 2.19. The maximum Gasteiger partial charge on any atom is 0.241 e. The molecule has 88 valence electrons. The number of nitrogens with one attached hydrogen (secondary N) is 1. The zero-order valence-corrected chi connectivity index (χ0v) is 9.78. The number of hydrogen-bond acceptors (Lipinski definition) is 3. The Labute approximate surface area is 98.0 Å². The van der Waals surface area contributed by atoms with Gasteiger partial charge in [-0.05, 0) is 18.2 Å². The van der Waals surface area contributed by atoms with Gasteiger partial charge in [-0.3, -0.25) is 0 Å². The monoisotopic (exact) mass is 264 g/mol. The molecule has 16 heavy (non-hydrogen) atoms. The Kier molecular flexibility index (Phi) is 3.90. The highest BCUT2D eigenvalue weighted by Crippen LogP contribution is 2.16. The van der Waals surface area contributed by atoms with Gasteiger partial charge in [0.25, 0.3) is 0 Å². The van der Waals surface area contributed by atoms with Gasteiger partial charge in [-0.15, -0.1) is 0 Å². The van der Waals surface area contributed by atoms with Crippen LogP contribution in [-0.4, -0.2) is 15.0 Å². The zero-order chi connectivity index (χ0) is 12.3. The molecule has 4 nitrogen and oxygen atoms in total. The van der Waals surface area contributed by atoms with E-state index in [1.807, 2.05) is 0 Å². The summed E-state index contributed by atoms with van der Waals surface area (Å²) in [5, 5.41) is 0.138. The second-order valence-corrected chi connectivity index (χ2v) is 5.33. The molecular weight excluding hydrogens is 255 g/mol. The Bertz CT molecular complexity index is 516. The molecule has 1 rings (SSSR count). The van der Waals surface area contributed by atoms with E-state index in [0.717, 1.165) is 6.07 Å². The van der Waals surface area contributed by atoms with Gasteiger partial charge in [0.05, 0.1) is 10.6 Å². The van der Waals surface area contributed by atoms with Gasteiger partial charge in [0.2, 0.25) is 10.0 Å². The third-order valence-electron chi connectivity index (χ3n) is 1.74. The standard InChI is InChI=1S/C9H10ClFN2O2S/c1-6(10)5-13-16(14,15)7-2-3-9(12)8(11)4-7/h2-4,13H,1,5,12H2. The fraction of sp³-hybridized carbons (Fsp3) is 0.111. The highest BCUT2D eigenvalue weighted by molar-refractivity contribution is 7.89. The van der Waals surface area contributed by atoms with Gasteiger partial charge in [-0.25, -0.2) is 17.5 Å². The molecule has 0 saturated heterocycles. The molecule has 0 bridgehead atoms. The van der Waals surface area contributed by atoms with Crippen molar-refractivity contribution in [2.24, 2.45) is 0 Å². The molecule has 0 heterocycles. The van der Waals surface area contributed by atoms with E-state index in [4.69, 9.17) is 17.3 Å². The van der Waals surface area contributed by atoms with Crippen molar-refractivity contribution in [3.05, 3.63) is 35.6 Å². The van der Waals surface area contributed by atoms with Crippen LogP contribution < -0.4 is 10.5 Å². The predicted octanol–water partition coefficient (Wildman–Crippen LogP) is 1.44. The van der Waals surface area contributed by atoms with Crippen LogP contribution in [-0.2, 0) is 10.0 Å². The maximum absolute atomic E-state index is 13.0. The van der Waals surface area contributed by atoms with Gasteiger partial charge in [-0.1, -0.05) is 18.2 Å². The predicted molar refractivity (Wildman–Crippen MR) is 61.0 cm³/mol. The molecule has 0 aliphatic heterocycles. The van der Waals surface area contributed by atoms with Crippen molar-refractivity contribution in [3.63, 3.8) is 0 Å². The van der Waals surface area contributed by atoms with Crippen molar-refractivity contribution in [2.45, 2.75) is 4.90 Å². The molecular formula is C9H10ClFN2O2S. The molecule has 0 amide bonds. The number of nitrogens with two attached hydrogens (primary N) is 1. The summed E-state index contributed by atoms with van der Waals surface area (Å²) < 4.78 is 38.4. The van der Waals surface area contributed by atoms with Crippen LogP contribution in [0.1, 0.15) is 0 Å². The van der Waals surface area contributed by atoms with Crippen molar-refractivity contribution in [2.75, 3.05) is 12.3 Å². The SMILES string of the molecule is C=C(Cl)CNS(=O)(=O)c1ccc(N)c(F)c1. The van der Waals surface area contributed by atoms with Crippen molar-refractivity contribution < 1.29 is 12.8 Å². The second kappa shape index (κ2) is 4.82. The minimum Gasteiger partial charge on any atom is -0.396 e. The van der Waals surface area contributed by atoms with Gasteiger partial charge in [0.15, 0.2) is 0 Å². The molecule has 0 spiro atoms. The van der Waals surface area contributed by atoms with Crippen LogP contribution in [0.3, 0.4) is 0 Å². The lowest BCUT2D eigenvalue weighted by atomic mass is 10.3. The quantitative estimate of drug-likeness (QED) is 0.809. The molecule has 1 aromatic carbocycles. The Morgan fingerprint density at radius 3 is 2.69 bits per heavy atom. The van der Waals surface area contributed by atoms with Crippen LogP contribution in [0.15, 0.2) is 34.7 Å². The van der Waals surface area contributed by atoms with Crippen LogP contribution >= 0.6 is 11.6 Å². The molecule has 0 aromatic heterocycles. The van der Waals surface area contributed by atoms with Gasteiger partial charge < -0.3 is 5.73 Å². The van der Waals surface area contributed by atoms with E-state index >= 15 is 0 Å². The normalized spacial score (nSPS) is 11.4. The number of hydrogen-bond donors (Lipinski definition) is 2. The van der Waals surface area contributed by atoms with Crippen LogP contribution in [0.2, 0.25) is 0 Å². The van der Waals surface area contributed by atoms with Crippen LogP contribution in [0, 0.1) is 5.82 Å². The zero-order valence-electron chi connectivity index (χ0n) is 8.20. The molecule has 0 atom stereocenters. The van der Waals surface area contributed by atoms with Crippen molar-refractivity contribution >= 4 is 27.3 Å². The molecule has 0 radical (unpaired) electrons. The molecule has 0 aliphatic carbocycles. The van der Waals surface area contributed by atoms with Gasteiger partial charge in [0, 0.05) is 11.6 Å². The summed E-state index contributed by atoms with van der Waals surface area (Å²) >= 11 is 5.41. The third kappa shape index (κ3) is 3.19. The van der Waals surface area contributed by atoms with Crippen molar-refractivity contribution in [3.8, 4) is 0 Å². The van der Waals surface area contributed by atoms with Gasteiger partial charge in [0.1, 0.15) is 5.82 Å². The topological polar surface area (TPSA) is 72.2 Å². The molecule has 7 heteroatoms. The molecule has 0 fully saturated rings. The summed E-state index contributed by atoms with van der Waals surface area (Å²) in [6.45, 7) is 3.21. The van der Waals surface area contributed by atoms with Crippen LogP contribution in [0.4, 0.5) is 10.1 Å². The summed E-state index contributed by atoms with van der Waals surface area (Å²) in [5.74, 6) is -0.785. The maximum atomic E-state index is 13.0. The molecule has 3 N–H and O–H groups in total. The van der Waals surface area contributed by atoms with E-state index in [1.54, 1.807) is 0 Å². The van der Waals surface area contributed by atoms with Crippen molar-refractivity contribution in [1.82, 2.24) is 4.72 Å². The molecule has 0 unspecified atom stereocenters. The van der Waals surface area contributed by atoms with E-state index < -0.39 is 15.8 Å². The van der Waals surface area contributed by atoms with E-state index in [-0.39, 0.29) is 22.2 Å². The van der Waals surface area contributed by atoms with Crippen LogP contribution in [0.25, 0.3) is 0 Å².